The number of piperazine rings is 1. The van der Waals surface area contributed by atoms with Crippen molar-refractivity contribution < 1.29 is 0 Å². The number of aliphatic imine (C=N–C) groups is 1. The predicted molar refractivity (Wildman–Crippen MR) is 129 cm³/mol. The summed E-state index contributed by atoms with van der Waals surface area (Å²) in [5.41, 5.74) is 2.80. The highest BCUT2D eigenvalue weighted by Crippen LogP contribution is 2.16. The molecule has 2 heterocycles. The van der Waals surface area contributed by atoms with E-state index in [0.717, 1.165) is 51.1 Å². The summed E-state index contributed by atoms with van der Waals surface area (Å²) in [6.07, 6.45) is 1.57. The second-order valence-electron chi connectivity index (χ2n) is 7.63. The van der Waals surface area contributed by atoms with Crippen molar-refractivity contribution in [3.05, 3.63) is 47.5 Å². The van der Waals surface area contributed by atoms with Crippen molar-refractivity contribution in [3.8, 4) is 0 Å². The molecule has 1 saturated heterocycles. The number of guanidine groups is 1. The lowest BCUT2D eigenvalue weighted by Gasteiger charge is -2.36. The number of rotatable bonds is 6. The van der Waals surface area contributed by atoms with Crippen molar-refractivity contribution >= 4 is 29.9 Å². The molecule has 1 N–H and O–H groups in total. The normalized spacial score (nSPS) is 15.5. The van der Waals surface area contributed by atoms with Crippen molar-refractivity contribution in [2.24, 2.45) is 12.0 Å². The SMILES string of the molecule is CCNC(=NCc1ncnn1C)N1CCN(Cc2ccc(C(C)C)cc2)CC1.I. The molecule has 1 aliphatic heterocycles. The maximum absolute atomic E-state index is 4.77. The van der Waals surface area contributed by atoms with Crippen molar-refractivity contribution in [2.45, 2.75) is 39.8 Å². The lowest BCUT2D eigenvalue weighted by Crippen LogP contribution is -2.52. The number of aromatic nitrogens is 3. The highest BCUT2D eigenvalue weighted by Gasteiger charge is 2.20. The quantitative estimate of drug-likeness (QED) is 0.367. The van der Waals surface area contributed by atoms with Crippen LogP contribution in [-0.4, -0.2) is 63.2 Å². The second kappa shape index (κ2) is 11.5. The van der Waals surface area contributed by atoms with Crippen LogP contribution in [0.25, 0.3) is 0 Å². The van der Waals surface area contributed by atoms with Crippen molar-refractivity contribution in [2.75, 3.05) is 32.7 Å². The molecule has 160 valence electrons. The molecule has 1 aliphatic rings. The third kappa shape index (κ3) is 6.67. The van der Waals surface area contributed by atoms with Gasteiger partial charge in [0.1, 0.15) is 18.7 Å². The molecule has 1 aromatic heterocycles. The van der Waals surface area contributed by atoms with Gasteiger partial charge in [-0.25, -0.2) is 9.98 Å². The number of nitrogens with one attached hydrogen (secondary N) is 1. The van der Waals surface area contributed by atoms with E-state index in [1.54, 1.807) is 11.0 Å². The van der Waals surface area contributed by atoms with E-state index in [-0.39, 0.29) is 24.0 Å². The topological polar surface area (TPSA) is 61.6 Å². The molecular formula is C21H34IN7. The van der Waals surface area contributed by atoms with Crippen molar-refractivity contribution in [3.63, 3.8) is 0 Å². The van der Waals surface area contributed by atoms with Gasteiger partial charge in [-0.3, -0.25) is 9.58 Å². The minimum absolute atomic E-state index is 0. The zero-order valence-electron chi connectivity index (χ0n) is 18.0. The van der Waals surface area contributed by atoms with Gasteiger partial charge in [-0.15, -0.1) is 24.0 Å². The molecule has 0 radical (unpaired) electrons. The second-order valence-corrected chi connectivity index (χ2v) is 7.63. The first-order valence-electron chi connectivity index (χ1n) is 10.2. The van der Waals surface area contributed by atoms with E-state index in [0.29, 0.717) is 12.5 Å². The van der Waals surface area contributed by atoms with Gasteiger partial charge in [-0.05, 0) is 24.0 Å². The van der Waals surface area contributed by atoms with E-state index in [9.17, 15) is 0 Å². The van der Waals surface area contributed by atoms with Crippen molar-refractivity contribution in [1.29, 1.82) is 0 Å². The van der Waals surface area contributed by atoms with Crippen LogP contribution in [0.5, 0.6) is 0 Å². The fraction of sp³-hybridized carbons (Fsp3) is 0.571. The predicted octanol–water partition coefficient (Wildman–Crippen LogP) is 2.84. The monoisotopic (exact) mass is 511 g/mol. The molecule has 29 heavy (non-hydrogen) atoms. The van der Waals surface area contributed by atoms with E-state index < -0.39 is 0 Å². The van der Waals surface area contributed by atoms with Gasteiger partial charge >= 0.3 is 0 Å². The molecule has 7 nitrogen and oxygen atoms in total. The minimum atomic E-state index is 0. The Bertz CT molecular complexity index is 762. The fourth-order valence-corrected chi connectivity index (χ4v) is 3.42. The Labute approximate surface area is 191 Å². The smallest absolute Gasteiger partial charge is 0.194 e. The fourth-order valence-electron chi connectivity index (χ4n) is 3.42. The zero-order valence-corrected chi connectivity index (χ0v) is 20.3. The lowest BCUT2D eigenvalue weighted by molar-refractivity contribution is 0.172. The Balaban J connectivity index is 0.00000300. The third-order valence-electron chi connectivity index (χ3n) is 5.23. The number of halogens is 1. The molecule has 0 atom stereocenters. The lowest BCUT2D eigenvalue weighted by atomic mass is 10.0. The number of benzene rings is 1. The summed E-state index contributed by atoms with van der Waals surface area (Å²) in [4.78, 5) is 13.9. The van der Waals surface area contributed by atoms with Gasteiger partial charge in [-0.1, -0.05) is 38.1 Å². The third-order valence-corrected chi connectivity index (χ3v) is 5.23. The van der Waals surface area contributed by atoms with Crippen LogP contribution in [0.1, 0.15) is 43.6 Å². The van der Waals surface area contributed by atoms with Gasteiger partial charge in [0.05, 0.1) is 0 Å². The Morgan fingerprint density at radius 1 is 1.14 bits per heavy atom. The minimum Gasteiger partial charge on any atom is -0.357 e. The van der Waals surface area contributed by atoms with Gasteiger partial charge < -0.3 is 10.2 Å². The molecule has 0 saturated carbocycles. The first-order chi connectivity index (χ1) is 13.6. The summed E-state index contributed by atoms with van der Waals surface area (Å²) >= 11 is 0. The van der Waals surface area contributed by atoms with E-state index >= 15 is 0 Å². The molecule has 1 fully saturated rings. The molecule has 0 aliphatic carbocycles. The molecule has 2 aromatic rings. The maximum Gasteiger partial charge on any atom is 0.194 e. The van der Waals surface area contributed by atoms with Gasteiger partial charge in [0.2, 0.25) is 0 Å². The van der Waals surface area contributed by atoms with E-state index in [4.69, 9.17) is 4.99 Å². The molecule has 0 spiro atoms. The largest absolute Gasteiger partial charge is 0.357 e. The van der Waals surface area contributed by atoms with Crippen LogP contribution in [0.3, 0.4) is 0 Å². The van der Waals surface area contributed by atoms with Crippen LogP contribution in [0.2, 0.25) is 0 Å². The van der Waals surface area contributed by atoms with Crippen LogP contribution in [0, 0.1) is 0 Å². The summed E-state index contributed by atoms with van der Waals surface area (Å²) in [6.45, 7) is 13.0. The first-order valence-corrected chi connectivity index (χ1v) is 10.2. The van der Waals surface area contributed by atoms with Crippen molar-refractivity contribution in [1.82, 2.24) is 29.9 Å². The summed E-state index contributed by atoms with van der Waals surface area (Å²) < 4.78 is 1.77. The van der Waals surface area contributed by atoms with E-state index in [1.807, 2.05) is 7.05 Å². The molecular weight excluding hydrogens is 477 g/mol. The standard InChI is InChI=1S/C21H33N7.HI/c1-5-22-21(23-14-20-24-16-25-26(20)4)28-12-10-27(11-13-28)15-18-6-8-19(9-7-18)17(2)3;/h6-9,16-17H,5,10-15H2,1-4H3,(H,22,23);1H. The number of nitrogens with zero attached hydrogens (tertiary/aromatic N) is 6. The molecule has 0 unspecified atom stereocenters. The summed E-state index contributed by atoms with van der Waals surface area (Å²) in [7, 11) is 1.90. The molecule has 0 bridgehead atoms. The van der Waals surface area contributed by atoms with E-state index in [1.165, 1.54) is 11.1 Å². The number of hydrogen-bond acceptors (Lipinski definition) is 4. The molecule has 8 heteroatoms. The summed E-state index contributed by atoms with van der Waals surface area (Å²) in [5.74, 6) is 2.42. The van der Waals surface area contributed by atoms with Crippen LogP contribution >= 0.6 is 24.0 Å². The summed E-state index contributed by atoms with van der Waals surface area (Å²) in [6, 6.07) is 9.07. The average Bonchev–Trinajstić information content (AvgIpc) is 3.11. The number of hydrogen-bond donors (Lipinski definition) is 1. The number of aryl methyl sites for hydroxylation is 1. The highest BCUT2D eigenvalue weighted by molar-refractivity contribution is 14.0. The highest BCUT2D eigenvalue weighted by atomic mass is 127. The first kappa shape index (κ1) is 23.6. The Morgan fingerprint density at radius 3 is 2.38 bits per heavy atom. The molecule has 1 aromatic carbocycles. The Morgan fingerprint density at radius 2 is 1.83 bits per heavy atom. The maximum atomic E-state index is 4.77. The Kier molecular flexibility index (Phi) is 9.35. The van der Waals surface area contributed by atoms with Gasteiger partial charge in [0.25, 0.3) is 0 Å². The zero-order chi connectivity index (χ0) is 19.9. The van der Waals surface area contributed by atoms with Crippen LogP contribution in [0.15, 0.2) is 35.6 Å². The Hall–Kier alpha value is -1.68. The summed E-state index contributed by atoms with van der Waals surface area (Å²) in [5, 5.41) is 7.53. The van der Waals surface area contributed by atoms with Gasteiger partial charge in [0, 0.05) is 46.3 Å². The average molecular weight is 511 g/mol. The molecule has 3 rings (SSSR count). The van der Waals surface area contributed by atoms with E-state index in [2.05, 4.69) is 70.2 Å². The molecule has 0 amide bonds. The van der Waals surface area contributed by atoms with Crippen LogP contribution < -0.4 is 5.32 Å². The van der Waals surface area contributed by atoms with Gasteiger partial charge in [0.15, 0.2) is 5.96 Å². The van der Waals surface area contributed by atoms with Crippen LogP contribution in [-0.2, 0) is 20.1 Å². The van der Waals surface area contributed by atoms with Crippen LogP contribution in [0.4, 0.5) is 0 Å². The van der Waals surface area contributed by atoms with Gasteiger partial charge in [-0.2, -0.15) is 5.10 Å².